The van der Waals surface area contributed by atoms with Gasteiger partial charge in [0.05, 0.1) is 0 Å². The zero-order valence-corrected chi connectivity index (χ0v) is 16.0. The predicted molar refractivity (Wildman–Crippen MR) is 83.7 cm³/mol. The molecule has 0 amide bonds. The molecule has 0 saturated heterocycles. The Morgan fingerprint density at radius 2 is 0.957 bits per heavy atom. The van der Waals surface area contributed by atoms with Gasteiger partial charge >= 0.3 is 148 Å². The van der Waals surface area contributed by atoms with Gasteiger partial charge in [-0.15, -0.1) is 0 Å². The fourth-order valence-corrected chi connectivity index (χ4v) is 4.60. The Balaban J connectivity index is 2.27. The van der Waals surface area contributed by atoms with E-state index in [2.05, 4.69) is 90.1 Å². The minimum atomic E-state index is -0.555. The molecule has 0 aromatic carbocycles. The Hall–Kier alpha value is -1.27. The van der Waals surface area contributed by atoms with E-state index in [1.165, 1.54) is 0 Å². The summed E-state index contributed by atoms with van der Waals surface area (Å²) in [5.74, 6) is 0. The van der Waals surface area contributed by atoms with Gasteiger partial charge in [0.15, 0.2) is 0 Å². The first-order valence-corrected chi connectivity index (χ1v) is 8.45. The third-order valence-electron chi connectivity index (χ3n) is 4.99. The molecule has 0 saturated carbocycles. The summed E-state index contributed by atoms with van der Waals surface area (Å²) < 4.78 is -0.517. The molecular formula is C16H21N6Ti. The van der Waals surface area contributed by atoms with Crippen LogP contribution in [-0.2, 0) is 20.4 Å². The number of nitrogens with zero attached hydrogens (tertiary/aromatic N) is 6. The summed E-state index contributed by atoms with van der Waals surface area (Å²) in [4.78, 5) is 0. The monoisotopic (exact) mass is 345 g/mol. The molecule has 0 fully saturated rings. The number of hydrogen-bond donors (Lipinski definition) is 0. The van der Waals surface area contributed by atoms with Gasteiger partial charge in [-0.25, -0.2) is 0 Å². The van der Waals surface area contributed by atoms with Crippen LogP contribution in [0.5, 0.6) is 0 Å². The van der Waals surface area contributed by atoms with Crippen molar-refractivity contribution in [1.82, 2.24) is 0 Å². The van der Waals surface area contributed by atoms with Crippen LogP contribution in [0, 0.1) is 0 Å². The molecule has 0 radical (unpaired) electrons. The van der Waals surface area contributed by atoms with E-state index in [1.807, 2.05) is 20.8 Å². The SMILES string of the molecule is CC1=CC(C)([C]([Ti])(C2(C)C=C(C)N=N2)C2(C)C=C(C)N=N2)N=N1. The molecule has 3 rings (SSSR count). The van der Waals surface area contributed by atoms with Gasteiger partial charge in [0, 0.05) is 0 Å². The molecule has 0 aromatic heterocycles. The second-order valence-electron chi connectivity index (χ2n) is 7.15. The molecule has 0 spiro atoms. The van der Waals surface area contributed by atoms with Crippen molar-refractivity contribution < 1.29 is 20.4 Å². The van der Waals surface area contributed by atoms with Gasteiger partial charge in [-0.2, -0.15) is 0 Å². The third kappa shape index (κ3) is 2.11. The van der Waals surface area contributed by atoms with Crippen molar-refractivity contribution >= 4 is 0 Å². The summed E-state index contributed by atoms with van der Waals surface area (Å²) in [6.45, 7) is 12.2. The van der Waals surface area contributed by atoms with E-state index >= 15 is 0 Å². The molecule has 3 aliphatic heterocycles. The topological polar surface area (TPSA) is 74.2 Å². The first-order chi connectivity index (χ1) is 10.6. The molecular weight excluding hydrogens is 324 g/mol. The van der Waals surface area contributed by atoms with Crippen molar-refractivity contribution in [2.75, 3.05) is 0 Å². The summed E-state index contributed by atoms with van der Waals surface area (Å²) in [5, 5.41) is 26.8. The molecule has 0 aliphatic carbocycles. The Labute approximate surface area is 148 Å². The maximum atomic E-state index is 4.62. The Morgan fingerprint density at radius 3 is 1.13 bits per heavy atom. The Kier molecular flexibility index (Phi) is 3.51. The van der Waals surface area contributed by atoms with E-state index in [4.69, 9.17) is 0 Å². The van der Waals surface area contributed by atoms with E-state index in [1.54, 1.807) is 0 Å². The molecule has 0 N–H and O–H groups in total. The summed E-state index contributed by atoms with van der Waals surface area (Å²) in [5.41, 5.74) is 1.08. The number of allylic oxidation sites excluding steroid dienone is 3. The third-order valence-corrected chi connectivity index (χ3v) is 7.36. The zero-order chi connectivity index (χ0) is 17.1. The van der Waals surface area contributed by atoms with Crippen LogP contribution in [0.2, 0.25) is 3.72 Å². The van der Waals surface area contributed by atoms with Gasteiger partial charge in [-0.1, -0.05) is 0 Å². The second-order valence-corrected chi connectivity index (χ2v) is 8.32. The van der Waals surface area contributed by atoms with Gasteiger partial charge in [-0.3, -0.25) is 0 Å². The Bertz CT molecular complexity index is 648. The van der Waals surface area contributed by atoms with Crippen LogP contribution in [0.15, 0.2) is 66.0 Å². The van der Waals surface area contributed by atoms with Gasteiger partial charge in [0.1, 0.15) is 0 Å². The van der Waals surface area contributed by atoms with Gasteiger partial charge < -0.3 is 0 Å². The van der Waals surface area contributed by atoms with E-state index in [-0.39, 0.29) is 0 Å². The molecule has 6 nitrogen and oxygen atoms in total. The van der Waals surface area contributed by atoms with Crippen LogP contribution in [-0.4, -0.2) is 16.6 Å². The van der Waals surface area contributed by atoms with Crippen molar-refractivity contribution in [3.05, 3.63) is 35.3 Å². The molecule has 3 heterocycles. The predicted octanol–water partition coefficient (Wildman–Crippen LogP) is 5.08. The standard InChI is InChI=1S/C16H21N6.Ti/c1-10-7-14(4,20-17-10)13(15(5)8-11(2)18-21-15)16(6)9-12(3)19-22-16;/h7-9H,1-6H3;. The average molecular weight is 345 g/mol. The van der Waals surface area contributed by atoms with E-state index < -0.39 is 20.3 Å². The molecule has 0 aromatic rings. The zero-order valence-electron chi connectivity index (χ0n) is 14.4. The van der Waals surface area contributed by atoms with Crippen LogP contribution < -0.4 is 0 Å². The van der Waals surface area contributed by atoms with Gasteiger partial charge in [0.25, 0.3) is 0 Å². The minimum absolute atomic E-state index is 0.517. The van der Waals surface area contributed by atoms with Crippen molar-refractivity contribution in [1.29, 1.82) is 0 Å². The van der Waals surface area contributed by atoms with Gasteiger partial charge in [-0.05, 0) is 0 Å². The fourth-order valence-electron chi connectivity index (χ4n) is 4.03. The number of hydrogen-bond acceptors (Lipinski definition) is 6. The number of azo groups is 3. The molecule has 119 valence electrons. The first-order valence-electron chi connectivity index (χ1n) is 7.67. The van der Waals surface area contributed by atoms with Crippen LogP contribution in [0.25, 0.3) is 0 Å². The Morgan fingerprint density at radius 1 is 0.696 bits per heavy atom. The van der Waals surface area contributed by atoms with Gasteiger partial charge in [0.2, 0.25) is 0 Å². The molecule has 3 atom stereocenters. The van der Waals surface area contributed by atoms with Crippen molar-refractivity contribution in [3.8, 4) is 0 Å². The second kappa shape index (κ2) is 4.87. The summed E-state index contributed by atoms with van der Waals surface area (Å²) >= 11 is 2.17. The van der Waals surface area contributed by atoms with Crippen molar-refractivity contribution in [2.45, 2.75) is 61.9 Å². The number of rotatable bonds is 3. The van der Waals surface area contributed by atoms with E-state index in [0.29, 0.717) is 0 Å². The molecule has 23 heavy (non-hydrogen) atoms. The average Bonchev–Trinajstić information content (AvgIpc) is 3.10. The van der Waals surface area contributed by atoms with Crippen LogP contribution in [0.1, 0.15) is 41.5 Å². The van der Waals surface area contributed by atoms with Crippen LogP contribution in [0.3, 0.4) is 0 Å². The maximum absolute atomic E-state index is 4.62. The molecule has 3 aliphatic rings. The summed E-state index contributed by atoms with van der Waals surface area (Å²) in [6, 6.07) is 0. The van der Waals surface area contributed by atoms with Crippen molar-refractivity contribution in [3.63, 3.8) is 0 Å². The molecule has 0 bridgehead atoms. The normalized spacial score (nSPS) is 41.0. The first kappa shape index (κ1) is 16.6. The molecule has 3 unspecified atom stereocenters. The fraction of sp³-hybridized carbons (Fsp3) is 0.625. The van der Waals surface area contributed by atoms with E-state index in [9.17, 15) is 0 Å². The quantitative estimate of drug-likeness (QED) is 0.640. The van der Waals surface area contributed by atoms with E-state index in [0.717, 1.165) is 17.1 Å². The van der Waals surface area contributed by atoms with Crippen molar-refractivity contribution in [2.24, 2.45) is 30.7 Å². The van der Waals surface area contributed by atoms with Crippen LogP contribution >= 0.6 is 0 Å². The molecule has 7 heteroatoms. The summed E-state index contributed by atoms with van der Waals surface area (Å²) in [7, 11) is 0. The van der Waals surface area contributed by atoms with Crippen LogP contribution in [0.4, 0.5) is 0 Å². The summed E-state index contributed by atoms with van der Waals surface area (Å²) in [6.07, 6.45) is 6.33.